The van der Waals surface area contributed by atoms with Gasteiger partial charge in [0.15, 0.2) is 9.84 Å². The monoisotopic (exact) mass is 421 g/mol. The molecule has 0 bridgehead atoms. The molecule has 1 fully saturated rings. The van der Waals surface area contributed by atoms with Gasteiger partial charge in [-0.1, -0.05) is 31.5 Å². The molecule has 0 radical (unpaired) electrons. The molecule has 1 aliphatic rings. The quantitative estimate of drug-likeness (QED) is 0.624. The molecule has 2 aromatic rings. The molecule has 1 atom stereocenters. The third kappa shape index (κ3) is 5.08. The fourth-order valence-corrected chi connectivity index (χ4v) is 5.99. The molecule has 0 spiro atoms. The summed E-state index contributed by atoms with van der Waals surface area (Å²) in [5.74, 6) is -0.249. The highest BCUT2D eigenvalue weighted by molar-refractivity contribution is 7.91. The van der Waals surface area contributed by atoms with Crippen LogP contribution >= 0.6 is 11.3 Å². The van der Waals surface area contributed by atoms with Gasteiger partial charge in [0, 0.05) is 34.0 Å². The molecule has 1 aromatic carbocycles. The molecule has 1 aliphatic heterocycles. The second kappa shape index (κ2) is 9.01. The molecular formula is C21H24FNO3S2. The average molecular weight is 422 g/mol. The van der Waals surface area contributed by atoms with Crippen molar-refractivity contribution in [3.8, 4) is 10.4 Å². The lowest BCUT2D eigenvalue weighted by atomic mass is 10.2. The minimum Gasteiger partial charge on any atom is -0.335 e. The smallest absolute Gasteiger partial charge is 0.246 e. The van der Waals surface area contributed by atoms with Crippen molar-refractivity contribution < 1.29 is 17.6 Å². The number of nitrogens with zero attached hydrogens (tertiary/aromatic N) is 1. The first-order valence-electron chi connectivity index (χ1n) is 9.43. The maximum atomic E-state index is 13.9. The highest BCUT2D eigenvalue weighted by Crippen LogP contribution is 2.30. The molecule has 3 rings (SSSR count). The highest BCUT2D eigenvalue weighted by atomic mass is 32.2. The van der Waals surface area contributed by atoms with Crippen LogP contribution in [0.15, 0.2) is 42.5 Å². The first-order valence-corrected chi connectivity index (χ1v) is 12.1. The molecular weight excluding hydrogens is 397 g/mol. The lowest BCUT2D eigenvalue weighted by molar-refractivity contribution is -0.127. The van der Waals surface area contributed by atoms with Gasteiger partial charge in [0.25, 0.3) is 0 Å². The molecule has 2 heterocycles. The van der Waals surface area contributed by atoms with Crippen LogP contribution in [0.4, 0.5) is 4.39 Å². The molecule has 0 aliphatic carbocycles. The molecule has 1 amide bonds. The van der Waals surface area contributed by atoms with Crippen molar-refractivity contribution in [1.82, 2.24) is 4.90 Å². The van der Waals surface area contributed by atoms with E-state index in [4.69, 9.17) is 0 Å². The van der Waals surface area contributed by atoms with Crippen LogP contribution in [0, 0.1) is 5.82 Å². The van der Waals surface area contributed by atoms with E-state index in [0.717, 1.165) is 22.6 Å². The van der Waals surface area contributed by atoms with Gasteiger partial charge < -0.3 is 4.90 Å². The van der Waals surface area contributed by atoms with Crippen LogP contribution in [-0.4, -0.2) is 43.3 Å². The number of amides is 1. The van der Waals surface area contributed by atoms with Gasteiger partial charge in [-0.25, -0.2) is 12.8 Å². The van der Waals surface area contributed by atoms with Crippen molar-refractivity contribution in [2.45, 2.75) is 32.2 Å². The van der Waals surface area contributed by atoms with E-state index in [1.807, 2.05) is 19.1 Å². The van der Waals surface area contributed by atoms with Gasteiger partial charge in [-0.3, -0.25) is 4.79 Å². The summed E-state index contributed by atoms with van der Waals surface area (Å²) in [5, 5.41) is 0. The van der Waals surface area contributed by atoms with Crippen molar-refractivity contribution in [3.63, 3.8) is 0 Å². The van der Waals surface area contributed by atoms with E-state index in [2.05, 4.69) is 0 Å². The molecule has 0 saturated carbocycles. The van der Waals surface area contributed by atoms with Crippen LogP contribution in [-0.2, 0) is 14.6 Å². The number of carbonyl (C=O) groups is 1. The summed E-state index contributed by atoms with van der Waals surface area (Å²) in [6.07, 6.45) is 5.50. The van der Waals surface area contributed by atoms with Gasteiger partial charge in [0.2, 0.25) is 5.91 Å². The highest BCUT2D eigenvalue weighted by Gasteiger charge is 2.33. The number of thiophene rings is 1. The Morgan fingerprint density at radius 2 is 2.07 bits per heavy atom. The van der Waals surface area contributed by atoms with Crippen molar-refractivity contribution in [1.29, 1.82) is 0 Å². The SMILES string of the molecule is CCCCN(C(=O)/C=C/c1ccc(-c2ccccc2F)s1)C1CCS(=O)(=O)C1. The van der Waals surface area contributed by atoms with E-state index in [1.165, 1.54) is 23.5 Å². The van der Waals surface area contributed by atoms with Gasteiger partial charge >= 0.3 is 0 Å². The van der Waals surface area contributed by atoms with E-state index in [9.17, 15) is 17.6 Å². The topological polar surface area (TPSA) is 54.5 Å². The maximum absolute atomic E-state index is 13.9. The summed E-state index contributed by atoms with van der Waals surface area (Å²) in [5.41, 5.74) is 0.541. The second-order valence-corrected chi connectivity index (χ2v) is 10.3. The van der Waals surface area contributed by atoms with E-state index in [1.54, 1.807) is 29.2 Å². The van der Waals surface area contributed by atoms with Gasteiger partial charge in [0.1, 0.15) is 5.82 Å². The van der Waals surface area contributed by atoms with Gasteiger partial charge in [-0.05, 0) is 37.1 Å². The number of carbonyl (C=O) groups excluding carboxylic acids is 1. The number of unbranched alkanes of at least 4 members (excludes halogenated alkanes) is 1. The van der Waals surface area contributed by atoms with Crippen LogP contribution < -0.4 is 0 Å². The van der Waals surface area contributed by atoms with Gasteiger partial charge in [-0.2, -0.15) is 0 Å². The lowest BCUT2D eigenvalue weighted by Crippen LogP contribution is -2.40. The average Bonchev–Trinajstić information content (AvgIpc) is 3.27. The molecule has 4 nitrogen and oxygen atoms in total. The molecule has 150 valence electrons. The molecule has 1 aromatic heterocycles. The first kappa shape index (κ1) is 20.7. The molecule has 0 N–H and O–H groups in total. The number of benzene rings is 1. The van der Waals surface area contributed by atoms with Crippen molar-refractivity contribution in [2.75, 3.05) is 18.1 Å². The Morgan fingerprint density at radius 1 is 1.29 bits per heavy atom. The van der Waals surface area contributed by atoms with E-state index >= 15 is 0 Å². The summed E-state index contributed by atoms with van der Waals surface area (Å²) < 4.78 is 37.5. The largest absolute Gasteiger partial charge is 0.335 e. The summed E-state index contributed by atoms with van der Waals surface area (Å²) in [6, 6.07) is 10.0. The number of halogens is 1. The predicted molar refractivity (Wildman–Crippen MR) is 112 cm³/mol. The molecule has 7 heteroatoms. The van der Waals surface area contributed by atoms with Gasteiger partial charge in [-0.15, -0.1) is 11.3 Å². The zero-order chi connectivity index (χ0) is 20.1. The minimum atomic E-state index is -3.05. The zero-order valence-corrected chi connectivity index (χ0v) is 17.4. The Morgan fingerprint density at radius 3 is 2.75 bits per heavy atom. The predicted octanol–water partition coefficient (Wildman–Crippen LogP) is 4.38. The third-order valence-electron chi connectivity index (χ3n) is 4.84. The number of sulfone groups is 1. The van der Waals surface area contributed by atoms with Crippen LogP contribution in [0.5, 0.6) is 0 Å². The molecule has 1 saturated heterocycles. The van der Waals surface area contributed by atoms with Crippen LogP contribution in [0.3, 0.4) is 0 Å². The van der Waals surface area contributed by atoms with E-state index < -0.39 is 9.84 Å². The zero-order valence-electron chi connectivity index (χ0n) is 15.8. The Kier molecular flexibility index (Phi) is 6.67. The maximum Gasteiger partial charge on any atom is 0.246 e. The minimum absolute atomic E-state index is 0.0483. The third-order valence-corrected chi connectivity index (χ3v) is 7.68. The number of hydrogen-bond acceptors (Lipinski definition) is 4. The van der Waals surface area contributed by atoms with Crippen LogP contribution in [0.25, 0.3) is 16.5 Å². The number of hydrogen-bond donors (Lipinski definition) is 0. The lowest BCUT2D eigenvalue weighted by Gasteiger charge is -2.27. The van der Waals surface area contributed by atoms with Crippen LogP contribution in [0.1, 0.15) is 31.1 Å². The fraction of sp³-hybridized carbons (Fsp3) is 0.381. The van der Waals surface area contributed by atoms with E-state index in [0.29, 0.717) is 18.5 Å². The summed E-state index contributed by atoms with van der Waals surface area (Å²) in [6.45, 7) is 2.60. The Labute approximate surface area is 169 Å². The van der Waals surface area contributed by atoms with E-state index in [-0.39, 0.29) is 29.3 Å². The first-order chi connectivity index (χ1) is 13.4. The van der Waals surface area contributed by atoms with Crippen LogP contribution in [0.2, 0.25) is 0 Å². The Bertz CT molecular complexity index is 966. The van der Waals surface area contributed by atoms with Crippen molar-refractivity contribution >= 4 is 33.2 Å². The second-order valence-electron chi connectivity index (χ2n) is 6.96. The number of rotatable bonds is 7. The summed E-state index contributed by atoms with van der Waals surface area (Å²) in [4.78, 5) is 16.1. The summed E-state index contributed by atoms with van der Waals surface area (Å²) in [7, 11) is -3.05. The van der Waals surface area contributed by atoms with Crippen molar-refractivity contribution in [3.05, 3.63) is 53.2 Å². The Balaban J connectivity index is 1.73. The molecule has 28 heavy (non-hydrogen) atoms. The summed E-state index contributed by atoms with van der Waals surface area (Å²) >= 11 is 1.41. The fourth-order valence-electron chi connectivity index (χ4n) is 3.32. The Hall–Kier alpha value is -1.99. The van der Waals surface area contributed by atoms with Gasteiger partial charge in [0.05, 0.1) is 11.5 Å². The molecule has 1 unspecified atom stereocenters. The normalized spacial score (nSPS) is 18.6. The standard InChI is InChI=1S/C21H24FNO3S2/c1-2-3-13-23(16-12-14-28(25,26)15-16)21(24)11-9-17-8-10-20(27-17)18-6-4-5-7-19(18)22/h4-11,16H,2-3,12-15H2,1H3/b11-9+. The van der Waals surface area contributed by atoms with Crippen molar-refractivity contribution in [2.24, 2.45) is 0 Å².